The average molecular weight is 399 g/mol. The van der Waals surface area contributed by atoms with E-state index in [0.717, 1.165) is 17.1 Å². The molecule has 0 atom stereocenters. The first kappa shape index (κ1) is 17.8. The summed E-state index contributed by atoms with van der Waals surface area (Å²) in [7, 11) is 0. The molecule has 0 amide bonds. The van der Waals surface area contributed by atoms with Crippen molar-refractivity contribution in [2.75, 3.05) is 0 Å². The lowest BCUT2D eigenvalue weighted by molar-refractivity contribution is 1.08. The van der Waals surface area contributed by atoms with Gasteiger partial charge in [0.15, 0.2) is 0 Å². The predicted molar refractivity (Wildman–Crippen MR) is 132 cm³/mol. The SMILES string of the molecule is C=Cc1c(C)c2ccccc2n1-c1cccc(-n2c3ccccc3c3ccccc32)c1. The molecule has 0 saturated carbocycles. The second-order valence-electron chi connectivity index (χ2n) is 7.96. The van der Waals surface area contributed by atoms with Crippen LogP contribution in [0.25, 0.3) is 50.2 Å². The average Bonchev–Trinajstić information content (AvgIpc) is 3.31. The van der Waals surface area contributed by atoms with Crippen LogP contribution in [0.15, 0.2) is 104 Å². The second kappa shape index (κ2) is 6.75. The van der Waals surface area contributed by atoms with Gasteiger partial charge < -0.3 is 9.13 Å². The van der Waals surface area contributed by atoms with Crippen LogP contribution in [0.5, 0.6) is 0 Å². The van der Waals surface area contributed by atoms with Crippen LogP contribution in [0.2, 0.25) is 0 Å². The fourth-order valence-corrected chi connectivity index (χ4v) is 4.92. The minimum atomic E-state index is 1.14. The summed E-state index contributed by atoms with van der Waals surface area (Å²) >= 11 is 0. The molecule has 2 aromatic heterocycles. The van der Waals surface area contributed by atoms with Gasteiger partial charge in [0.2, 0.25) is 0 Å². The van der Waals surface area contributed by atoms with Gasteiger partial charge in [-0.2, -0.15) is 0 Å². The molecule has 0 bridgehead atoms. The Hall–Kier alpha value is -4.04. The molecule has 31 heavy (non-hydrogen) atoms. The zero-order valence-electron chi connectivity index (χ0n) is 17.4. The molecule has 0 saturated heterocycles. The molecular formula is C29H22N2. The van der Waals surface area contributed by atoms with Crippen molar-refractivity contribution in [3.05, 3.63) is 115 Å². The van der Waals surface area contributed by atoms with Gasteiger partial charge >= 0.3 is 0 Å². The molecule has 4 aromatic carbocycles. The largest absolute Gasteiger partial charge is 0.310 e. The van der Waals surface area contributed by atoms with E-state index < -0.39 is 0 Å². The summed E-state index contributed by atoms with van der Waals surface area (Å²) in [5, 5.41) is 3.81. The Kier molecular flexibility index (Phi) is 3.87. The molecule has 0 unspecified atom stereocenters. The zero-order chi connectivity index (χ0) is 20.9. The van der Waals surface area contributed by atoms with Crippen LogP contribution in [-0.4, -0.2) is 9.13 Å². The van der Waals surface area contributed by atoms with Crippen molar-refractivity contribution in [2.24, 2.45) is 0 Å². The van der Waals surface area contributed by atoms with Crippen LogP contribution in [0.4, 0.5) is 0 Å². The highest BCUT2D eigenvalue weighted by Gasteiger charge is 2.15. The Balaban J connectivity index is 1.67. The summed E-state index contributed by atoms with van der Waals surface area (Å²) in [6, 6.07) is 34.6. The Morgan fingerprint density at radius 2 is 1.06 bits per heavy atom. The number of nitrogens with zero attached hydrogens (tertiary/aromatic N) is 2. The molecule has 2 heteroatoms. The first-order valence-electron chi connectivity index (χ1n) is 10.6. The number of hydrogen-bond donors (Lipinski definition) is 0. The molecule has 0 aliphatic rings. The van der Waals surface area contributed by atoms with Crippen LogP contribution in [0.1, 0.15) is 11.3 Å². The first-order chi connectivity index (χ1) is 15.3. The van der Waals surface area contributed by atoms with Crippen molar-refractivity contribution in [1.29, 1.82) is 0 Å². The number of aryl methyl sites for hydroxylation is 1. The van der Waals surface area contributed by atoms with Gasteiger partial charge in [-0.15, -0.1) is 0 Å². The number of fused-ring (bicyclic) bond motifs is 4. The quantitative estimate of drug-likeness (QED) is 0.289. The van der Waals surface area contributed by atoms with Gasteiger partial charge in [-0.3, -0.25) is 0 Å². The molecule has 0 spiro atoms. The maximum atomic E-state index is 4.10. The van der Waals surface area contributed by atoms with Gasteiger partial charge in [-0.1, -0.05) is 67.2 Å². The number of para-hydroxylation sites is 3. The molecule has 0 radical (unpaired) electrons. The molecule has 0 fully saturated rings. The zero-order valence-corrected chi connectivity index (χ0v) is 17.4. The van der Waals surface area contributed by atoms with Crippen LogP contribution in [0.3, 0.4) is 0 Å². The maximum absolute atomic E-state index is 4.10. The van der Waals surface area contributed by atoms with E-state index in [1.807, 2.05) is 6.08 Å². The van der Waals surface area contributed by atoms with Gasteiger partial charge in [0.25, 0.3) is 0 Å². The second-order valence-corrected chi connectivity index (χ2v) is 7.96. The molecule has 0 aliphatic carbocycles. The van der Waals surface area contributed by atoms with Crippen LogP contribution in [0, 0.1) is 6.92 Å². The summed E-state index contributed by atoms with van der Waals surface area (Å²) in [6.45, 7) is 6.27. The third kappa shape index (κ3) is 2.52. The summed E-state index contributed by atoms with van der Waals surface area (Å²) in [6.07, 6.45) is 1.96. The normalized spacial score (nSPS) is 11.5. The summed E-state index contributed by atoms with van der Waals surface area (Å²) in [5.74, 6) is 0. The van der Waals surface area contributed by atoms with Gasteiger partial charge in [-0.05, 0) is 55.0 Å². The minimum Gasteiger partial charge on any atom is -0.310 e. The van der Waals surface area contributed by atoms with E-state index in [2.05, 4.69) is 120 Å². The third-order valence-corrected chi connectivity index (χ3v) is 6.29. The van der Waals surface area contributed by atoms with Crippen LogP contribution in [-0.2, 0) is 0 Å². The minimum absolute atomic E-state index is 1.14. The molecule has 6 aromatic rings. The van der Waals surface area contributed by atoms with Crippen molar-refractivity contribution in [1.82, 2.24) is 9.13 Å². The van der Waals surface area contributed by atoms with E-state index in [4.69, 9.17) is 0 Å². The van der Waals surface area contributed by atoms with Crippen molar-refractivity contribution in [3.8, 4) is 11.4 Å². The highest BCUT2D eigenvalue weighted by atomic mass is 15.0. The van der Waals surface area contributed by atoms with Crippen molar-refractivity contribution < 1.29 is 0 Å². The molecule has 2 heterocycles. The summed E-state index contributed by atoms with van der Waals surface area (Å²) in [5.41, 5.74) is 8.33. The van der Waals surface area contributed by atoms with Crippen molar-refractivity contribution in [3.63, 3.8) is 0 Å². The fraction of sp³-hybridized carbons (Fsp3) is 0.0345. The Morgan fingerprint density at radius 3 is 1.65 bits per heavy atom. The van der Waals surface area contributed by atoms with Crippen LogP contribution >= 0.6 is 0 Å². The Bertz CT molecular complexity index is 1560. The fourth-order valence-electron chi connectivity index (χ4n) is 4.92. The molecule has 2 nitrogen and oxygen atoms in total. The van der Waals surface area contributed by atoms with Gasteiger partial charge in [-0.25, -0.2) is 0 Å². The summed E-state index contributed by atoms with van der Waals surface area (Å²) < 4.78 is 4.68. The van der Waals surface area contributed by atoms with Gasteiger partial charge in [0, 0.05) is 33.2 Å². The number of aromatic nitrogens is 2. The molecular weight excluding hydrogens is 376 g/mol. The van der Waals surface area contributed by atoms with E-state index in [1.165, 1.54) is 38.3 Å². The predicted octanol–water partition coefficient (Wildman–Crippen LogP) is 7.68. The highest BCUT2D eigenvalue weighted by molar-refractivity contribution is 6.09. The molecule has 6 rings (SSSR count). The number of hydrogen-bond acceptors (Lipinski definition) is 0. The Morgan fingerprint density at radius 1 is 0.581 bits per heavy atom. The Labute approximate surface area is 181 Å². The van der Waals surface area contributed by atoms with Gasteiger partial charge in [0.1, 0.15) is 0 Å². The third-order valence-electron chi connectivity index (χ3n) is 6.29. The monoisotopic (exact) mass is 398 g/mol. The molecule has 0 aliphatic heterocycles. The molecule has 148 valence electrons. The van der Waals surface area contributed by atoms with E-state index in [-0.39, 0.29) is 0 Å². The highest BCUT2D eigenvalue weighted by Crippen LogP contribution is 2.34. The number of benzene rings is 4. The first-order valence-corrected chi connectivity index (χ1v) is 10.6. The lowest BCUT2D eigenvalue weighted by Gasteiger charge is -2.13. The maximum Gasteiger partial charge on any atom is 0.0541 e. The van der Waals surface area contributed by atoms with Crippen molar-refractivity contribution in [2.45, 2.75) is 6.92 Å². The van der Waals surface area contributed by atoms with E-state index in [9.17, 15) is 0 Å². The topological polar surface area (TPSA) is 9.86 Å². The molecule has 0 N–H and O–H groups in total. The van der Waals surface area contributed by atoms with E-state index in [0.29, 0.717) is 0 Å². The number of rotatable bonds is 3. The van der Waals surface area contributed by atoms with Gasteiger partial charge in [0.05, 0.1) is 16.6 Å². The summed E-state index contributed by atoms with van der Waals surface area (Å²) in [4.78, 5) is 0. The standard InChI is InChI=1S/C29H22N2/c1-3-26-20(2)23-13-4-7-16-27(23)30(26)21-11-10-12-22(19-21)31-28-17-8-5-14-24(28)25-15-6-9-18-29(25)31/h3-19H,1H2,2H3. The lowest BCUT2D eigenvalue weighted by Crippen LogP contribution is -2.00. The van der Waals surface area contributed by atoms with E-state index >= 15 is 0 Å². The smallest absolute Gasteiger partial charge is 0.0541 e. The van der Waals surface area contributed by atoms with Crippen molar-refractivity contribution >= 4 is 38.8 Å². The lowest BCUT2D eigenvalue weighted by atomic mass is 10.1. The van der Waals surface area contributed by atoms with Crippen LogP contribution < -0.4 is 0 Å². The van der Waals surface area contributed by atoms with E-state index in [1.54, 1.807) is 0 Å².